The number of hydrogen-bond acceptors (Lipinski definition) is 6. The SMILES string of the molecule is COc1cccc(OCC2c3ccsc3CCN2C(=O)CN(CC2CCCO2)C(=O)c2ccc(C)cc2)c1. The van der Waals surface area contributed by atoms with Crippen molar-refractivity contribution in [2.24, 2.45) is 0 Å². The lowest BCUT2D eigenvalue weighted by Gasteiger charge is -2.37. The Kier molecular flexibility index (Phi) is 8.29. The van der Waals surface area contributed by atoms with E-state index >= 15 is 0 Å². The highest BCUT2D eigenvalue weighted by Crippen LogP contribution is 2.34. The van der Waals surface area contributed by atoms with Gasteiger partial charge in [0.15, 0.2) is 0 Å². The van der Waals surface area contributed by atoms with Crippen LogP contribution in [0.5, 0.6) is 11.5 Å². The van der Waals surface area contributed by atoms with Crippen molar-refractivity contribution in [3.05, 3.63) is 81.5 Å². The first-order valence-electron chi connectivity index (χ1n) is 13.1. The van der Waals surface area contributed by atoms with Crippen LogP contribution in [0.25, 0.3) is 0 Å². The summed E-state index contributed by atoms with van der Waals surface area (Å²) in [6.07, 6.45) is 2.62. The van der Waals surface area contributed by atoms with Gasteiger partial charge in [0.05, 0.1) is 19.3 Å². The zero-order valence-corrected chi connectivity index (χ0v) is 22.7. The molecule has 1 saturated heterocycles. The predicted octanol–water partition coefficient (Wildman–Crippen LogP) is 4.89. The van der Waals surface area contributed by atoms with Crippen molar-refractivity contribution in [2.45, 2.75) is 38.3 Å². The summed E-state index contributed by atoms with van der Waals surface area (Å²) in [5, 5.41) is 2.07. The van der Waals surface area contributed by atoms with E-state index in [4.69, 9.17) is 14.2 Å². The fourth-order valence-corrected chi connectivity index (χ4v) is 6.06. The molecule has 1 fully saturated rings. The van der Waals surface area contributed by atoms with Crippen LogP contribution >= 0.6 is 11.3 Å². The standard InChI is InChI=1S/C30H34N2O5S/c1-21-8-10-22(11-9-21)30(34)31(18-25-7-4-15-36-25)19-29(33)32-14-12-28-26(13-16-38-28)27(32)20-37-24-6-3-5-23(17-24)35-2/h3,5-6,8-11,13,16-17,25,27H,4,7,12,14-15,18-20H2,1-2H3. The Balaban J connectivity index is 1.35. The maximum Gasteiger partial charge on any atom is 0.254 e. The van der Waals surface area contributed by atoms with E-state index in [1.54, 1.807) is 23.3 Å². The summed E-state index contributed by atoms with van der Waals surface area (Å²) in [7, 11) is 1.62. The van der Waals surface area contributed by atoms with Gasteiger partial charge in [-0.05, 0) is 67.5 Å². The van der Waals surface area contributed by atoms with Gasteiger partial charge < -0.3 is 24.0 Å². The molecule has 2 aromatic carbocycles. The largest absolute Gasteiger partial charge is 0.497 e. The number of hydrogen-bond donors (Lipinski definition) is 0. The Morgan fingerprint density at radius 1 is 1.13 bits per heavy atom. The number of rotatable bonds is 9. The summed E-state index contributed by atoms with van der Waals surface area (Å²) >= 11 is 1.71. The van der Waals surface area contributed by atoms with Crippen molar-refractivity contribution in [3.8, 4) is 11.5 Å². The molecule has 0 aliphatic carbocycles. The Bertz CT molecular complexity index is 1250. The van der Waals surface area contributed by atoms with E-state index in [0.29, 0.717) is 37.6 Å². The molecule has 2 aliphatic heterocycles. The predicted molar refractivity (Wildman–Crippen MR) is 147 cm³/mol. The second-order valence-corrected chi connectivity index (χ2v) is 10.8. The minimum absolute atomic E-state index is 0.00169. The average molecular weight is 535 g/mol. The van der Waals surface area contributed by atoms with Crippen LogP contribution in [-0.4, -0.2) is 67.7 Å². The fourth-order valence-electron chi connectivity index (χ4n) is 5.13. The maximum absolute atomic E-state index is 13.8. The van der Waals surface area contributed by atoms with Crippen LogP contribution in [0.1, 0.15) is 45.2 Å². The summed E-state index contributed by atoms with van der Waals surface area (Å²) in [6.45, 7) is 4.00. The molecule has 0 N–H and O–H groups in total. The van der Waals surface area contributed by atoms with Crippen molar-refractivity contribution in [3.63, 3.8) is 0 Å². The quantitative estimate of drug-likeness (QED) is 0.391. The number of fused-ring (bicyclic) bond motifs is 1. The van der Waals surface area contributed by atoms with Crippen LogP contribution in [0.15, 0.2) is 60.0 Å². The molecule has 200 valence electrons. The molecular formula is C30H34N2O5S. The van der Waals surface area contributed by atoms with E-state index in [-0.39, 0.29) is 30.5 Å². The Labute approximate surface area is 227 Å². The number of carbonyl (C=O) groups is 2. The highest BCUT2D eigenvalue weighted by molar-refractivity contribution is 7.10. The molecule has 2 aliphatic rings. The van der Waals surface area contributed by atoms with Crippen LogP contribution in [0.3, 0.4) is 0 Å². The highest BCUT2D eigenvalue weighted by atomic mass is 32.1. The van der Waals surface area contributed by atoms with E-state index in [2.05, 4.69) is 11.4 Å². The number of nitrogens with zero attached hydrogens (tertiary/aromatic N) is 2. The van der Waals surface area contributed by atoms with Crippen molar-refractivity contribution < 1.29 is 23.8 Å². The summed E-state index contributed by atoms with van der Waals surface area (Å²) in [4.78, 5) is 32.2. The number of aryl methyl sites for hydroxylation is 1. The average Bonchev–Trinajstić information content (AvgIpc) is 3.64. The highest BCUT2D eigenvalue weighted by Gasteiger charge is 2.34. The van der Waals surface area contributed by atoms with Gasteiger partial charge in [-0.15, -0.1) is 11.3 Å². The van der Waals surface area contributed by atoms with E-state index in [0.717, 1.165) is 36.1 Å². The van der Waals surface area contributed by atoms with Gasteiger partial charge in [0.25, 0.3) is 5.91 Å². The fraction of sp³-hybridized carbons (Fsp3) is 0.400. The molecule has 2 atom stereocenters. The normalized spacial score (nSPS) is 18.6. The first kappa shape index (κ1) is 26.3. The Morgan fingerprint density at radius 2 is 1.95 bits per heavy atom. The molecule has 8 heteroatoms. The number of amides is 2. The van der Waals surface area contributed by atoms with Gasteiger partial charge in [0.1, 0.15) is 24.7 Å². The zero-order chi connectivity index (χ0) is 26.5. The molecule has 3 aromatic rings. The third-order valence-corrected chi connectivity index (χ3v) is 8.22. The van der Waals surface area contributed by atoms with Crippen LogP contribution < -0.4 is 9.47 Å². The van der Waals surface area contributed by atoms with Gasteiger partial charge in [-0.25, -0.2) is 0 Å². The minimum Gasteiger partial charge on any atom is -0.497 e. The maximum atomic E-state index is 13.8. The van der Waals surface area contributed by atoms with Gasteiger partial charge in [0.2, 0.25) is 5.91 Å². The first-order chi connectivity index (χ1) is 18.5. The van der Waals surface area contributed by atoms with Crippen molar-refractivity contribution in [1.29, 1.82) is 0 Å². The number of carbonyl (C=O) groups excluding carboxylic acids is 2. The Morgan fingerprint density at radius 3 is 2.71 bits per heavy atom. The molecular weight excluding hydrogens is 500 g/mol. The summed E-state index contributed by atoms with van der Waals surface area (Å²) in [5.41, 5.74) is 2.79. The van der Waals surface area contributed by atoms with Crippen LogP contribution in [0.4, 0.5) is 0 Å². The van der Waals surface area contributed by atoms with E-state index in [9.17, 15) is 9.59 Å². The minimum atomic E-state index is -0.234. The molecule has 3 heterocycles. The lowest BCUT2D eigenvalue weighted by Crippen LogP contribution is -2.49. The second-order valence-electron chi connectivity index (χ2n) is 9.83. The van der Waals surface area contributed by atoms with Gasteiger partial charge in [-0.1, -0.05) is 23.8 Å². The van der Waals surface area contributed by atoms with Crippen LogP contribution in [0.2, 0.25) is 0 Å². The summed E-state index contributed by atoms with van der Waals surface area (Å²) in [5.74, 6) is 1.18. The number of thiophene rings is 1. The molecule has 7 nitrogen and oxygen atoms in total. The molecule has 0 bridgehead atoms. The van der Waals surface area contributed by atoms with Gasteiger partial charge in [-0.2, -0.15) is 0 Å². The van der Waals surface area contributed by atoms with Crippen LogP contribution in [-0.2, 0) is 16.0 Å². The van der Waals surface area contributed by atoms with Crippen molar-refractivity contribution >= 4 is 23.2 Å². The molecule has 0 saturated carbocycles. The molecule has 2 unspecified atom stereocenters. The molecule has 38 heavy (non-hydrogen) atoms. The molecule has 2 amide bonds. The van der Waals surface area contributed by atoms with Gasteiger partial charge in [-0.3, -0.25) is 9.59 Å². The van der Waals surface area contributed by atoms with Gasteiger partial charge in [0, 0.05) is 36.2 Å². The number of benzene rings is 2. The molecule has 0 spiro atoms. The van der Waals surface area contributed by atoms with Crippen molar-refractivity contribution in [2.75, 3.05) is 40.0 Å². The molecule has 0 radical (unpaired) electrons. The monoisotopic (exact) mass is 534 g/mol. The topological polar surface area (TPSA) is 68.3 Å². The van der Waals surface area contributed by atoms with Gasteiger partial charge >= 0.3 is 0 Å². The summed E-state index contributed by atoms with van der Waals surface area (Å²) in [6, 6.07) is 16.8. The number of ether oxygens (including phenoxy) is 3. The molecule has 5 rings (SSSR count). The smallest absolute Gasteiger partial charge is 0.254 e. The molecule has 1 aromatic heterocycles. The van der Waals surface area contributed by atoms with E-state index in [1.165, 1.54) is 4.88 Å². The lowest BCUT2D eigenvalue weighted by molar-refractivity contribution is -0.135. The van der Waals surface area contributed by atoms with Crippen LogP contribution in [0, 0.1) is 6.92 Å². The van der Waals surface area contributed by atoms with E-state index < -0.39 is 0 Å². The lowest BCUT2D eigenvalue weighted by atomic mass is 10.00. The zero-order valence-electron chi connectivity index (χ0n) is 21.9. The second kappa shape index (κ2) is 12.0. The summed E-state index contributed by atoms with van der Waals surface area (Å²) < 4.78 is 17.3. The van der Waals surface area contributed by atoms with Crippen molar-refractivity contribution in [1.82, 2.24) is 9.80 Å². The number of methoxy groups -OCH3 is 1. The Hall–Kier alpha value is -3.36. The first-order valence-corrected chi connectivity index (χ1v) is 14.0. The third-order valence-electron chi connectivity index (χ3n) is 7.22. The van der Waals surface area contributed by atoms with E-state index in [1.807, 2.05) is 60.4 Å². The third kappa shape index (κ3) is 6.03.